The molecule has 0 amide bonds. The number of carbonyl (C=O) groups excluding carboxylic acids is 2. The minimum absolute atomic E-state index is 0.0690. The normalized spacial score (nSPS) is 52.3. The number of Topliss-reactive ketones (excluding diaryl/α,β-unsaturated/α-hetero) is 2. The lowest BCUT2D eigenvalue weighted by Gasteiger charge is -2.60. The van der Waals surface area contributed by atoms with E-state index in [4.69, 9.17) is 6.42 Å². The zero-order chi connectivity index (χ0) is 16.4. The first-order chi connectivity index (χ1) is 10.9. The maximum Gasteiger partial charge on any atom is 0.139 e. The SMILES string of the molecule is C#CC1CC(=O)CC2CC[C@@H]3[C@H](CC[C@]4(C)C(=O)CC[C@@H]34)[C@@]12C. The molecule has 2 nitrogen and oxygen atoms in total. The largest absolute Gasteiger partial charge is 0.300 e. The highest BCUT2D eigenvalue weighted by Crippen LogP contribution is 2.66. The Bertz CT molecular complexity index is 599. The Morgan fingerprint density at radius 2 is 1.83 bits per heavy atom. The third-order valence-corrected chi connectivity index (χ3v) is 8.53. The van der Waals surface area contributed by atoms with E-state index in [0.717, 1.165) is 38.5 Å². The second-order valence-corrected chi connectivity index (χ2v) is 9.10. The Hall–Kier alpha value is -1.10. The lowest BCUT2D eigenvalue weighted by molar-refractivity contribution is -0.150. The number of carbonyl (C=O) groups is 2. The van der Waals surface area contributed by atoms with E-state index in [1.165, 1.54) is 6.42 Å². The van der Waals surface area contributed by atoms with Gasteiger partial charge in [0.2, 0.25) is 0 Å². The molecule has 0 aromatic rings. The molecule has 4 aliphatic rings. The lowest BCUT2D eigenvalue weighted by atomic mass is 9.43. The van der Waals surface area contributed by atoms with Gasteiger partial charge in [-0.15, -0.1) is 12.3 Å². The van der Waals surface area contributed by atoms with Crippen LogP contribution in [0.4, 0.5) is 0 Å². The van der Waals surface area contributed by atoms with Crippen LogP contribution in [0, 0.1) is 52.8 Å². The molecule has 124 valence electrons. The second kappa shape index (κ2) is 4.95. The van der Waals surface area contributed by atoms with Gasteiger partial charge in [-0.25, -0.2) is 0 Å². The van der Waals surface area contributed by atoms with E-state index in [0.29, 0.717) is 41.7 Å². The van der Waals surface area contributed by atoms with Crippen molar-refractivity contribution in [3.63, 3.8) is 0 Å². The molecule has 4 aliphatic carbocycles. The maximum absolute atomic E-state index is 12.5. The number of ketones is 2. The van der Waals surface area contributed by atoms with Gasteiger partial charge in [0.1, 0.15) is 11.6 Å². The average Bonchev–Trinajstić information content (AvgIpc) is 2.83. The second-order valence-electron chi connectivity index (χ2n) is 9.10. The molecule has 0 N–H and O–H groups in total. The highest BCUT2D eigenvalue weighted by molar-refractivity contribution is 5.87. The fourth-order valence-electron chi connectivity index (χ4n) is 7.15. The van der Waals surface area contributed by atoms with Crippen molar-refractivity contribution in [2.45, 2.75) is 65.2 Å². The fourth-order valence-corrected chi connectivity index (χ4v) is 7.15. The summed E-state index contributed by atoms with van der Waals surface area (Å²) in [7, 11) is 0. The summed E-state index contributed by atoms with van der Waals surface area (Å²) in [4.78, 5) is 24.6. The molecule has 0 saturated heterocycles. The van der Waals surface area contributed by atoms with Crippen LogP contribution in [0.15, 0.2) is 0 Å². The van der Waals surface area contributed by atoms with Crippen molar-refractivity contribution < 1.29 is 9.59 Å². The molecule has 0 heterocycles. The topological polar surface area (TPSA) is 34.1 Å². The summed E-state index contributed by atoms with van der Waals surface area (Å²) < 4.78 is 0. The van der Waals surface area contributed by atoms with Crippen LogP contribution in [0.25, 0.3) is 0 Å². The van der Waals surface area contributed by atoms with Gasteiger partial charge in [-0.3, -0.25) is 9.59 Å². The zero-order valence-corrected chi connectivity index (χ0v) is 14.4. The van der Waals surface area contributed by atoms with Crippen molar-refractivity contribution in [2.24, 2.45) is 40.4 Å². The number of fused-ring (bicyclic) bond motifs is 5. The van der Waals surface area contributed by atoms with E-state index in [-0.39, 0.29) is 16.7 Å². The van der Waals surface area contributed by atoms with E-state index in [1.54, 1.807) is 0 Å². The lowest BCUT2D eigenvalue weighted by Crippen LogP contribution is -2.56. The molecular formula is C21H28O2. The van der Waals surface area contributed by atoms with Gasteiger partial charge < -0.3 is 0 Å². The molecule has 23 heavy (non-hydrogen) atoms. The molecule has 2 heteroatoms. The molecule has 4 saturated carbocycles. The van der Waals surface area contributed by atoms with Crippen LogP contribution in [0.1, 0.15) is 65.2 Å². The molecule has 0 aromatic heterocycles. The minimum Gasteiger partial charge on any atom is -0.300 e. The van der Waals surface area contributed by atoms with E-state index < -0.39 is 0 Å². The Balaban J connectivity index is 1.71. The van der Waals surface area contributed by atoms with Crippen LogP contribution in [0.2, 0.25) is 0 Å². The van der Waals surface area contributed by atoms with E-state index in [2.05, 4.69) is 19.8 Å². The highest BCUT2D eigenvalue weighted by Gasteiger charge is 2.62. The predicted molar refractivity (Wildman–Crippen MR) is 89.4 cm³/mol. The smallest absolute Gasteiger partial charge is 0.139 e. The number of terminal acetylenes is 1. The third kappa shape index (κ3) is 1.89. The quantitative estimate of drug-likeness (QED) is 0.633. The third-order valence-electron chi connectivity index (χ3n) is 8.53. The summed E-state index contributed by atoms with van der Waals surface area (Å²) in [6.07, 6.45) is 13.5. The van der Waals surface area contributed by atoms with Crippen molar-refractivity contribution in [2.75, 3.05) is 0 Å². The molecule has 0 aliphatic heterocycles. The average molecular weight is 312 g/mol. The van der Waals surface area contributed by atoms with Gasteiger partial charge in [-0.2, -0.15) is 0 Å². The summed E-state index contributed by atoms with van der Waals surface area (Å²) in [6, 6.07) is 0. The van der Waals surface area contributed by atoms with Gasteiger partial charge >= 0.3 is 0 Å². The fraction of sp³-hybridized carbons (Fsp3) is 0.810. The van der Waals surface area contributed by atoms with Crippen molar-refractivity contribution in [3.8, 4) is 12.3 Å². The predicted octanol–water partition coefficient (Wildman–Crippen LogP) is 4.03. The number of hydrogen-bond acceptors (Lipinski definition) is 2. The summed E-state index contributed by atoms with van der Waals surface area (Å²) >= 11 is 0. The van der Waals surface area contributed by atoms with E-state index in [1.807, 2.05) is 0 Å². The van der Waals surface area contributed by atoms with Crippen LogP contribution >= 0.6 is 0 Å². The van der Waals surface area contributed by atoms with Crippen molar-refractivity contribution in [1.29, 1.82) is 0 Å². The molecule has 4 rings (SSSR count). The zero-order valence-electron chi connectivity index (χ0n) is 14.4. The molecule has 7 atom stereocenters. The van der Waals surface area contributed by atoms with Gasteiger partial charge in [0.15, 0.2) is 0 Å². The summed E-state index contributed by atoms with van der Waals surface area (Å²) in [5, 5.41) is 0. The van der Waals surface area contributed by atoms with Crippen LogP contribution < -0.4 is 0 Å². The van der Waals surface area contributed by atoms with Crippen LogP contribution in [-0.2, 0) is 9.59 Å². The molecule has 0 radical (unpaired) electrons. The summed E-state index contributed by atoms with van der Waals surface area (Å²) in [6.45, 7) is 4.60. The molecule has 0 aromatic carbocycles. The van der Waals surface area contributed by atoms with Crippen LogP contribution in [0.3, 0.4) is 0 Å². The number of rotatable bonds is 0. The Kier molecular flexibility index (Phi) is 3.32. The van der Waals surface area contributed by atoms with Gasteiger partial charge in [0.05, 0.1) is 0 Å². The summed E-state index contributed by atoms with van der Waals surface area (Å²) in [5.41, 5.74) is 0.0407. The summed E-state index contributed by atoms with van der Waals surface area (Å²) in [5.74, 6) is 6.24. The van der Waals surface area contributed by atoms with Gasteiger partial charge in [0, 0.05) is 30.6 Å². The molecule has 0 bridgehead atoms. The Morgan fingerprint density at radius 1 is 1.04 bits per heavy atom. The molecule has 0 spiro atoms. The van der Waals surface area contributed by atoms with Crippen LogP contribution in [0.5, 0.6) is 0 Å². The van der Waals surface area contributed by atoms with Crippen LogP contribution in [-0.4, -0.2) is 11.6 Å². The molecule has 2 unspecified atom stereocenters. The first-order valence-electron chi connectivity index (χ1n) is 9.42. The van der Waals surface area contributed by atoms with Crippen molar-refractivity contribution in [3.05, 3.63) is 0 Å². The van der Waals surface area contributed by atoms with E-state index in [9.17, 15) is 9.59 Å². The number of hydrogen-bond donors (Lipinski definition) is 0. The first-order valence-corrected chi connectivity index (χ1v) is 9.42. The monoisotopic (exact) mass is 312 g/mol. The van der Waals surface area contributed by atoms with Gasteiger partial charge in [-0.1, -0.05) is 13.8 Å². The van der Waals surface area contributed by atoms with Crippen molar-refractivity contribution >= 4 is 11.6 Å². The standard InChI is InChI=1S/C21H28O2/c1-4-13-11-15(22)12-14-5-6-16-17-7-8-19(23)20(17,2)10-9-18(16)21(13,14)3/h1,13-14,16-18H,5-12H2,2-3H3/t13?,14?,16-,17-,18-,20-,21-/m0/s1. The molecular weight excluding hydrogens is 284 g/mol. The van der Waals surface area contributed by atoms with E-state index >= 15 is 0 Å². The maximum atomic E-state index is 12.5. The van der Waals surface area contributed by atoms with Gasteiger partial charge in [-0.05, 0) is 61.2 Å². The van der Waals surface area contributed by atoms with Crippen molar-refractivity contribution in [1.82, 2.24) is 0 Å². The Labute approximate surface area is 139 Å². The minimum atomic E-state index is -0.0690. The highest BCUT2D eigenvalue weighted by atomic mass is 16.1. The first kappa shape index (κ1) is 15.4. The van der Waals surface area contributed by atoms with Gasteiger partial charge in [0.25, 0.3) is 0 Å². The Morgan fingerprint density at radius 3 is 2.57 bits per heavy atom. The molecule has 4 fully saturated rings.